The van der Waals surface area contributed by atoms with Gasteiger partial charge in [-0.2, -0.15) is 0 Å². The highest BCUT2D eigenvalue weighted by Gasteiger charge is 2.16. The number of rotatable bonds is 7. The summed E-state index contributed by atoms with van der Waals surface area (Å²) in [6.45, 7) is 2.73. The molecule has 0 bridgehead atoms. The Bertz CT molecular complexity index is 1140. The molecular formula is C22H19IN2O3S. The number of nitrogens with zero attached hydrogens (tertiary/aromatic N) is 2. The number of ether oxygens (including phenoxy) is 1. The monoisotopic (exact) mass is 518 g/mol. The van der Waals surface area contributed by atoms with Crippen molar-refractivity contribution in [2.24, 2.45) is 0 Å². The van der Waals surface area contributed by atoms with Gasteiger partial charge in [-0.3, -0.25) is 0 Å². The fourth-order valence-electron chi connectivity index (χ4n) is 3.03. The quantitative estimate of drug-likeness (QED) is 0.177. The van der Waals surface area contributed by atoms with Crippen LogP contribution in [0.25, 0.3) is 11.0 Å². The lowest BCUT2D eigenvalue weighted by atomic mass is 10.2. The van der Waals surface area contributed by atoms with Crippen LogP contribution >= 0.6 is 34.4 Å². The molecule has 29 heavy (non-hydrogen) atoms. The van der Waals surface area contributed by atoms with Gasteiger partial charge in [0.2, 0.25) is 0 Å². The minimum Gasteiger partial charge on any atom is -0.467 e. The molecule has 0 fully saturated rings. The molecule has 5 nitrogen and oxygen atoms in total. The van der Waals surface area contributed by atoms with Crippen LogP contribution in [0.4, 0.5) is 0 Å². The number of thioether (sulfide) groups is 1. The van der Waals surface area contributed by atoms with Crippen molar-refractivity contribution in [2.45, 2.75) is 24.4 Å². The smallest absolute Gasteiger partial charge is 0.338 e. The summed E-state index contributed by atoms with van der Waals surface area (Å²) in [6.07, 6.45) is 1.67. The maximum absolute atomic E-state index is 12.1. The molecule has 0 atom stereocenters. The van der Waals surface area contributed by atoms with Crippen LogP contribution in [0.1, 0.15) is 28.6 Å². The second-order valence-electron chi connectivity index (χ2n) is 6.36. The van der Waals surface area contributed by atoms with E-state index in [9.17, 15) is 4.79 Å². The van der Waals surface area contributed by atoms with E-state index in [1.54, 1.807) is 37.1 Å². The Morgan fingerprint density at radius 2 is 2.07 bits per heavy atom. The lowest BCUT2D eigenvalue weighted by Gasteiger charge is -2.08. The summed E-state index contributed by atoms with van der Waals surface area (Å²) in [5.41, 5.74) is 3.50. The Morgan fingerprint density at radius 3 is 2.83 bits per heavy atom. The standard InChI is InChI=1S/C22H19IN2O3S/c1-2-27-21(26)15-9-10-20-19(12-15)24-22(25(20)13-17-7-5-11-28-17)29-14-16-6-3-4-8-18(16)23/h3-12H,2,13-14H2,1H3. The second-order valence-corrected chi connectivity index (χ2v) is 8.47. The Kier molecular flexibility index (Phi) is 6.25. The summed E-state index contributed by atoms with van der Waals surface area (Å²) in [5.74, 6) is 1.34. The van der Waals surface area contributed by atoms with Gasteiger partial charge < -0.3 is 13.7 Å². The van der Waals surface area contributed by atoms with Crippen LogP contribution in [0.5, 0.6) is 0 Å². The third-order valence-corrected chi connectivity index (χ3v) is 6.51. The van der Waals surface area contributed by atoms with E-state index in [2.05, 4.69) is 45.4 Å². The fourth-order valence-corrected chi connectivity index (χ4v) is 4.88. The molecule has 4 rings (SSSR count). The molecule has 2 aromatic heterocycles. The molecular weight excluding hydrogens is 499 g/mol. The molecule has 0 unspecified atom stereocenters. The molecule has 0 amide bonds. The molecule has 0 aliphatic heterocycles. The van der Waals surface area contributed by atoms with Crippen molar-refractivity contribution in [3.63, 3.8) is 0 Å². The number of carbonyl (C=O) groups is 1. The van der Waals surface area contributed by atoms with Gasteiger partial charge in [0.15, 0.2) is 5.16 Å². The molecule has 2 heterocycles. The van der Waals surface area contributed by atoms with E-state index in [4.69, 9.17) is 14.1 Å². The van der Waals surface area contributed by atoms with Crippen LogP contribution in [0, 0.1) is 3.57 Å². The van der Waals surface area contributed by atoms with Gasteiger partial charge in [-0.25, -0.2) is 9.78 Å². The maximum atomic E-state index is 12.1. The minimum atomic E-state index is -0.331. The van der Waals surface area contributed by atoms with E-state index in [0.717, 1.165) is 27.7 Å². The third-order valence-electron chi connectivity index (χ3n) is 4.43. The van der Waals surface area contributed by atoms with Crippen LogP contribution in [-0.2, 0) is 17.0 Å². The van der Waals surface area contributed by atoms with Gasteiger partial charge >= 0.3 is 5.97 Å². The van der Waals surface area contributed by atoms with Gasteiger partial charge in [0, 0.05) is 9.32 Å². The van der Waals surface area contributed by atoms with Crippen molar-refractivity contribution in [3.05, 3.63) is 81.3 Å². The van der Waals surface area contributed by atoms with E-state index < -0.39 is 0 Å². The summed E-state index contributed by atoms with van der Waals surface area (Å²) >= 11 is 4.03. The first kappa shape index (κ1) is 20.0. The minimum absolute atomic E-state index is 0.331. The molecule has 7 heteroatoms. The summed E-state index contributed by atoms with van der Waals surface area (Å²) < 4.78 is 14.0. The first-order valence-electron chi connectivity index (χ1n) is 9.21. The average molecular weight is 518 g/mol. The third kappa shape index (κ3) is 4.51. The first-order valence-corrected chi connectivity index (χ1v) is 11.3. The highest BCUT2D eigenvalue weighted by Crippen LogP contribution is 2.29. The zero-order valence-electron chi connectivity index (χ0n) is 15.8. The number of furan rings is 1. The van der Waals surface area contributed by atoms with Crippen molar-refractivity contribution in [3.8, 4) is 0 Å². The Labute approximate surface area is 186 Å². The number of halogens is 1. The van der Waals surface area contributed by atoms with Crippen molar-refractivity contribution in [2.75, 3.05) is 6.61 Å². The van der Waals surface area contributed by atoms with E-state index in [1.165, 1.54) is 9.13 Å². The molecule has 0 saturated carbocycles. The lowest BCUT2D eigenvalue weighted by molar-refractivity contribution is 0.0526. The lowest BCUT2D eigenvalue weighted by Crippen LogP contribution is -2.04. The fraction of sp³-hybridized carbons (Fsp3) is 0.182. The molecule has 148 valence electrons. The zero-order valence-corrected chi connectivity index (χ0v) is 18.8. The molecule has 0 radical (unpaired) electrons. The molecule has 0 saturated heterocycles. The molecule has 0 spiro atoms. The number of aromatic nitrogens is 2. The highest BCUT2D eigenvalue weighted by molar-refractivity contribution is 14.1. The van der Waals surface area contributed by atoms with Crippen LogP contribution in [0.2, 0.25) is 0 Å². The van der Waals surface area contributed by atoms with Crippen molar-refractivity contribution >= 4 is 51.4 Å². The molecule has 2 aromatic carbocycles. The largest absolute Gasteiger partial charge is 0.467 e. The SMILES string of the molecule is CCOC(=O)c1ccc2c(c1)nc(SCc1ccccc1I)n2Cc1ccco1. The van der Waals surface area contributed by atoms with E-state index >= 15 is 0 Å². The summed E-state index contributed by atoms with van der Waals surface area (Å²) in [4.78, 5) is 16.9. The number of carbonyl (C=O) groups excluding carboxylic acids is 1. The van der Waals surface area contributed by atoms with Gasteiger partial charge in [-0.15, -0.1) is 0 Å². The van der Waals surface area contributed by atoms with Crippen molar-refractivity contribution in [1.29, 1.82) is 0 Å². The summed E-state index contributed by atoms with van der Waals surface area (Å²) in [5, 5.41) is 0.886. The van der Waals surface area contributed by atoms with Gasteiger partial charge in [-0.05, 0) is 71.5 Å². The van der Waals surface area contributed by atoms with Crippen LogP contribution in [0.15, 0.2) is 70.4 Å². The van der Waals surface area contributed by atoms with Crippen LogP contribution in [-0.4, -0.2) is 22.1 Å². The first-order chi connectivity index (χ1) is 14.2. The summed E-state index contributed by atoms with van der Waals surface area (Å²) in [7, 11) is 0. The van der Waals surface area contributed by atoms with Crippen LogP contribution < -0.4 is 0 Å². The van der Waals surface area contributed by atoms with Crippen LogP contribution in [0.3, 0.4) is 0 Å². The Balaban J connectivity index is 1.70. The number of imidazole rings is 1. The number of esters is 1. The number of hydrogen-bond donors (Lipinski definition) is 0. The zero-order chi connectivity index (χ0) is 20.2. The predicted molar refractivity (Wildman–Crippen MR) is 122 cm³/mol. The predicted octanol–water partition coefficient (Wildman–Crippen LogP) is 5.75. The molecule has 0 aliphatic carbocycles. The average Bonchev–Trinajstić information content (AvgIpc) is 3.35. The van der Waals surface area contributed by atoms with E-state index in [-0.39, 0.29) is 5.97 Å². The maximum Gasteiger partial charge on any atom is 0.338 e. The van der Waals surface area contributed by atoms with Crippen molar-refractivity contribution in [1.82, 2.24) is 9.55 Å². The number of hydrogen-bond acceptors (Lipinski definition) is 5. The van der Waals surface area contributed by atoms with Gasteiger partial charge in [-0.1, -0.05) is 30.0 Å². The summed E-state index contributed by atoms with van der Waals surface area (Å²) in [6, 6.07) is 17.7. The van der Waals surface area contributed by atoms with Crippen molar-refractivity contribution < 1.29 is 13.9 Å². The Hall–Kier alpha value is -2.26. The Morgan fingerprint density at radius 1 is 1.21 bits per heavy atom. The van der Waals surface area contributed by atoms with E-state index in [0.29, 0.717) is 18.7 Å². The number of benzene rings is 2. The number of fused-ring (bicyclic) bond motifs is 1. The van der Waals surface area contributed by atoms with E-state index in [1.807, 2.05) is 24.3 Å². The topological polar surface area (TPSA) is 57.3 Å². The molecule has 0 N–H and O–H groups in total. The molecule has 4 aromatic rings. The highest BCUT2D eigenvalue weighted by atomic mass is 127. The second kappa shape index (κ2) is 9.04. The van der Waals surface area contributed by atoms with Gasteiger partial charge in [0.1, 0.15) is 5.76 Å². The van der Waals surface area contributed by atoms with Gasteiger partial charge in [0.05, 0.1) is 36.0 Å². The van der Waals surface area contributed by atoms with Gasteiger partial charge in [0.25, 0.3) is 0 Å². The normalized spacial score (nSPS) is 11.1. The molecule has 0 aliphatic rings.